The van der Waals surface area contributed by atoms with E-state index in [4.69, 9.17) is 0 Å². The molecule has 1 nitrogen and oxygen atoms in total. The fourth-order valence-electron chi connectivity index (χ4n) is 1.81. The molecule has 0 saturated carbocycles. The third-order valence-electron chi connectivity index (χ3n) is 2.65. The molecule has 0 heterocycles. The Hall–Kier alpha value is -2.15. The summed E-state index contributed by atoms with van der Waals surface area (Å²) in [4.78, 5) is 10.7. The Morgan fingerprint density at radius 3 is 2.06 bits per heavy atom. The van der Waals surface area contributed by atoms with Gasteiger partial charge in [-0.1, -0.05) is 60.7 Å². The molecule has 1 heteroatoms. The lowest BCUT2D eigenvalue weighted by Crippen LogP contribution is -1.91. The van der Waals surface area contributed by atoms with E-state index in [-0.39, 0.29) is 0 Å². The number of hydrogen-bond acceptors (Lipinski definition) is 1. The minimum Gasteiger partial charge on any atom is -0.299 e. The van der Waals surface area contributed by atoms with Gasteiger partial charge >= 0.3 is 0 Å². The Bertz CT molecular complexity index is 498. The van der Waals surface area contributed by atoms with Crippen LogP contribution in [0.25, 0.3) is 5.57 Å². The van der Waals surface area contributed by atoms with E-state index in [1.807, 2.05) is 48.5 Å². The molecule has 0 N–H and O–H groups in total. The van der Waals surface area contributed by atoms with E-state index in [1.165, 1.54) is 5.56 Å². The molecule has 0 bridgehead atoms. The smallest absolute Gasteiger partial charge is 0.143 e. The molecule has 0 aliphatic rings. The normalized spacial score (nSPS) is 11.2. The fraction of sp³-hybridized carbons (Fsp3) is 0.0625. The summed E-state index contributed by atoms with van der Waals surface area (Å²) in [6.07, 6.45) is 3.27. The van der Waals surface area contributed by atoms with Crippen LogP contribution in [0.4, 0.5) is 0 Å². The Kier molecular flexibility index (Phi) is 3.87. The van der Waals surface area contributed by atoms with Gasteiger partial charge in [0, 0.05) is 0 Å². The van der Waals surface area contributed by atoms with Gasteiger partial charge in [-0.25, -0.2) is 0 Å². The van der Waals surface area contributed by atoms with E-state index in [9.17, 15) is 4.79 Å². The second kappa shape index (κ2) is 5.80. The summed E-state index contributed by atoms with van der Waals surface area (Å²) in [5, 5.41) is 0. The SMILES string of the molecule is O=CC=C(Cc1ccccc1)c1ccccc1. The maximum absolute atomic E-state index is 10.7. The Morgan fingerprint density at radius 1 is 0.882 bits per heavy atom. The third kappa shape index (κ3) is 3.15. The number of benzene rings is 2. The van der Waals surface area contributed by atoms with Crippen molar-refractivity contribution in [3.8, 4) is 0 Å². The van der Waals surface area contributed by atoms with Crippen molar-refractivity contribution >= 4 is 11.9 Å². The molecule has 0 saturated heterocycles. The summed E-state index contributed by atoms with van der Waals surface area (Å²) in [6.45, 7) is 0. The number of allylic oxidation sites excluding steroid dienone is 2. The van der Waals surface area contributed by atoms with E-state index in [0.29, 0.717) is 0 Å². The van der Waals surface area contributed by atoms with Gasteiger partial charge in [0.05, 0.1) is 0 Å². The zero-order valence-electron chi connectivity index (χ0n) is 9.54. The molecule has 0 radical (unpaired) electrons. The Morgan fingerprint density at radius 2 is 1.47 bits per heavy atom. The molecule has 2 aromatic carbocycles. The maximum Gasteiger partial charge on any atom is 0.143 e. The molecule has 17 heavy (non-hydrogen) atoms. The van der Waals surface area contributed by atoms with Crippen LogP contribution in [-0.2, 0) is 11.2 Å². The lowest BCUT2D eigenvalue weighted by Gasteiger charge is -2.06. The van der Waals surface area contributed by atoms with Crippen molar-refractivity contribution in [3.05, 3.63) is 77.9 Å². The zero-order valence-corrected chi connectivity index (χ0v) is 9.54. The molecule has 0 atom stereocenters. The molecule has 0 unspecified atom stereocenters. The first-order chi connectivity index (χ1) is 8.40. The highest BCUT2D eigenvalue weighted by Gasteiger charge is 2.01. The minimum absolute atomic E-state index is 0.781. The van der Waals surface area contributed by atoms with Crippen molar-refractivity contribution in [2.45, 2.75) is 6.42 Å². The van der Waals surface area contributed by atoms with Crippen LogP contribution in [0.1, 0.15) is 11.1 Å². The molecule has 0 aliphatic heterocycles. The third-order valence-corrected chi connectivity index (χ3v) is 2.65. The molecule has 84 valence electrons. The average Bonchev–Trinajstić information content (AvgIpc) is 2.40. The number of carbonyl (C=O) groups excluding carboxylic acids is 1. The number of hydrogen-bond donors (Lipinski definition) is 0. The van der Waals surface area contributed by atoms with Crippen molar-refractivity contribution in [2.75, 3.05) is 0 Å². The molecular weight excluding hydrogens is 208 g/mol. The summed E-state index contributed by atoms with van der Waals surface area (Å²) in [6, 6.07) is 20.2. The molecule has 2 aromatic rings. The predicted molar refractivity (Wildman–Crippen MR) is 70.6 cm³/mol. The monoisotopic (exact) mass is 222 g/mol. The van der Waals surface area contributed by atoms with Crippen molar-refractivity contribution in [3.63, 3.8) is 0 Å². The number of carbonyl (C=O) groups is 1. The van der Waals surface area contributed by atoms with E-state index < -0.39 is 0 Å². The largest absolute Gasteiger partial charge is 0.299 e. The van der Waals surface area contributed by atoms with Gasteiger partial charge in [0.15, 0.2) is 0 Å². The topological polar surface area (TPSA) is 17.1 Å². The summed E-state index contributed by atoms with van der Waals surface area (Å²) < 4.78 is 0. The van der Waals surface area contributed by atoms with Crippen molar-refractivity contribution in [2.24, 2.45) is 0 Å². The minimum atomic E-state index is 0.781. The summed E-state index contributed by atoms with van der Waals surface area (Å²) in [7, 11) is 0. The predicted octanol–water partition coefficient (Wildman–Crippen LogP) is 3.51. The van der Waals surface area contributed by atoms with Gasteiger partial charge in [-0.3, -0.25) is 4.79 Å². The first-order valence-corrected chi connectivity index (χ1v) is 5.64. The van der Waals surface area contributed by atoms with Crippen LogP contribution in [0.3, 0.4) is 0 Å². The second-order valence-electron chi connectivity index (χ2n) is 3.86. The van der Waals surface area contributed by atoms with E-state index in [0.717, 1.165) is 23.8 Å². The van der Waals surface area contributed by atoms with Crippen molar-refractivity contribution in [1.29, 1.82) is 0 Å². The van der Waals surface area contributed by atoms with Gasteiger partial charge in [0.25, 0.3) is 0 Å². The van der Waals surface area contributed by atoms with Gasteiger partial charge < -0.3 is 0 Å². The van der Waals surface area contributed by atoms with Crippen LogP contribution in [0, 0.1) is 0 Å². The zero-order chi connectivity index (χ0) is 11.9. The number of aldehydes is 1. The van der Waals surface area contributed by atoms with Crippen molar-refractivity contribution in [1.82, 2.24) is 0 Å². The molecule has 2 rings (SSSR count). The lowest BCUT2D eigenvalue weighted by molar-refractivity contribution is -0.104. The lowest BCUT2D eigenvalue weighted by atomic mass is 9.98. The van der Waals surface area contributed by atoms with Gasteiger partial charge in [-0.05, 0) is 29.2 Å². The van der Waals surface area contributed by atoms with Crippen LogP contribution in [0.5, 0.6) is 0 Å². The van der Waals surface area contributed by atoms with Crippen LogP contribution in [0.2, 0.25) is 0 Å². The van der Waals surface area contributed by atoms with Gasteiger partial charge in [0.1, 0.15) is 6.29 Å². The van der Waals surface area contributed by atoms with Crippen molar-refractivity contribution < 1.29 is 4.79 Å². The highest BCUT2D eigenvalue weighted by molar-refractivity contribution is 5.82. The second-order valence-corrected chi connectivity index (χ2v) is 3.86. The molecule has 0 amide bonds. The Balaban J connectivity index is 2.26. The van der Waals surface area contributed by atoms with Gasteiger partial charge in [0.2, 0.25) is 0 Å². The molecule has 0 aromatic heterocycles. The Labute approximate surface area is 101 Å². The van der Waals surface area contributed by atoms with Gasteiger partial charge in [-0.2, -0.15) is 0 Å². The molecule has 0 spiro atoms. The first-order valence-electron chi connectivity index (χ1n) is 5.64. The van der Waals surface area contributed by atoms with E-state index >= 15 is 0 Å². The van der Waals surface area contributed by atoms with E-state index in [1.54, 1.807) is 6.08 Å². The van der Waals surface area contributed by atoms with Crippen LogP contribution in [0.15, 0.2) is 66.7 Å². The average molecular weight is 222 g/mol. The standard InChI is InChI=1S/C16H14O/c17-12-11-16(15-9-5-2-6-10-15)13-14-7-3-1-4-8-14/h1-12H,13H2. The van der Waals surface area contributed by atoms with Crippen LogP contribution in [-0.4, -0.2) is 6.29 Å². The van der Waals surface area contributed by atoms with Gasteiger partial charge in [-0.15, -0.1) is 0 Å². The highest BCUT2D eigenvalue weighted by Crippen LogP contribution is 2.18. The number of rotatable bonds is 4. The van der Waals surface area contributed by atoms with Crippen LogP contribution >= 0.6 is 0 Å². The highest BCUT2D eigenvalue weighted by atomic mass is 16.1. The first kappa shape index (κ1) is 11.3. The molecule has 0 aliphatic carbocycles. The quantitative estimate of drug-likeness (QED) is 0.571. The molecular formula is C16H14O. The summed E-state index contributed by atoms with van der Waals surface area (Å²) >= 11 is 0. The fourth-order valence-corrected chi connectivity index (χ4v) is 1.81. The van der Waals surface area contributed by atoms with Crippen LogP contribution < -0.4 is 0 Å². The summed E-state index contributed by atoms with van der Waals surface area (Å²) in [5.74, 6) is 0. The summed E-state index contributed by atoms with van der Waals surface area (Å²) in [5.41, 5.74) is 3.36. The van der Waals surface area contributed by atoms with E-state index in [2.05, 4.69) is 12.1 Å². The maximum atomic E-state index is 10.7. The molecule has 0 fully saturated rings.